The van der Waals surface area contributed by atoms with Gasteiger partial charge in [0.25, 0.3) is 0 Å². The number of hydroxylamine groups is 2. The molecule has 1 N–H and O–H groups in total. The van der Waals surface area contributed by atoms with Crippen LogP contribution in [0, 0.1) is 0 Å². The highest BCUT2D eigenvalue weighted by molar-refractivity contribution is 5.91. The fourth-order valence-corrected chi connectivity index (χ4v) is 2.53. The van der Waals surface area contributed by atoms with E-state index in [0.717, 1.165) is 5.06 Å². The Bertz CT molecular complexity index is 495. The van der Waals surface area contributed by atoms with Crippen LogP contribution in [0.4, 0.5) is 0 Å². The lowest BCUT2D eigenvalue weighted by molar-refractivity contribution is -0.383. The summed E-state index contributed by atoms with van der Waals surface area (Å²) >= 11 is 0. The number of esters is 2. The number of carbonyl (C=O) groups is 3. The zero-order chi connectivity index (χ0) is 14.5. The molecule has 3 fully saturated rings. The first-order valence-electron chi connectivity index (χ1n) is 6.18. The molecule has 9 nitrogen and oxygen atoms in total. The van der Waals surface area contributed by atoms with Gasteiger partial charge in [-0.3, -0.25) is 14.5 Å². The number of likely N-dealkylation sites (N-methyl/N-ethyl adjacent to an activating group) is 1. The summed E-state index contributed by atoms with van der Waals surface area (Å²) in [5, 5.41) is 11.2. The van der Waals surface area contributed by atoms with E-state index in [1.165, 1.54) is 0 Å². The van der Waals surface area contributed by atoms with Gasteiger partial charge in [-0.05, 0) is 7.05 Å². The number of rotatable bonds is 0. The number of hydrogen-bond donors (Lipinski definition) is 1. The number of nitrogens with zero attached hydrogens (tertiary/aromatic N) is 2. The van der Waals surface area contributed by atoms with Crippen molar-refractivity contribution in [3.63, 3.8) is 0 Å². The standard InChI is InChI=1S/C11H14N2O7/c1-12-2-3-13-11(6-12)18-7(14)4-10(17,9(16)19-11)5-8(15)20-13/h17H,2-6H2,1H3. The second-order valence-corrected chi connectivity index (χ2v) is 5.26. The first kappa shape index (κ1) is 13.3. The van der Waals surface area contributed by atoms with Crippen molar-refractivity contribution in [2.24, 2.45) is 0 Å². The van der Waals surface area contributed by atoms with Gasteiger partial charge in [-0.2, -0.15) is 0 Å². The number of aliphatic hydroxyl groups is 1. The van der Waals surface area contributed by atoms with E-state index in [9.17, 15) is 19.5 Å². The molecule has 1 spiro atoms. The van der Waals surface area contributed by atoms with E-state index in [1.807, 2.05) is 0 Å². The molecule has 0 aromatic heterocycles. The lowest BCUT2D eigenvalue weighted by atomic mass is 9.96. The topological polar surface area (TPSA) is 106 Å². The Kier molecular flexibility index (Phi) is 2.75. The number of ether oxygens (including phenoxy) is 2. The SMILES string of the molecule is CN1CCN2OC(=O)CC3(O)CC(=O)OC2(C1)OC3=O. The normalized spacial score (nSPS) is 39.0. The van der Waals surface area contributed by atoms with Crippen molar-refractivity contribution in [2.75, 3.05) is 26.7 Å². The molecule has 3 aliphatic heterocycles. The highest BCUT2D eigenvalue weighted by Gasteiger charge is 2.60. The lowest BCUT2D eigenvalue weighted by Crippen LogP contribution is -2.66. The van der Waals surface area contributed by atoms with Gasteiger partial charge in [0.1, 0.15) is 0 Å². The van der Waals surface area contributed by atoms with E-state index < -0.39 is 42.3 Å². The molecule has 3 heterocycles. The van der Waals surface area contributed by atoms with Crippen molar-refractivity contribution in [1.29, 1.82) is 0 Å². The maximum atomic E-state index is 12.1. The van der Waals surface area contributed by atoms with E-state index in [1.54, 1.807) is 11.9 Å². The van der Waals surface area contributed by atoms with Gasteiger partial charge >= 0.3 is 23.8 Å². The van der Waals surface area contributed by atoms with Gasteiger partial charge in [0.05, 0.1) is 25.9 Å². The van der Waals surface area contributed by atoms with Crippen LogP contribution in [0.2, 0.25) is 0 Å². The Labute approximate surface area is 113 Å². The molecule has 0 aromatic carbocycles. The molecule has 3 rings (SSSR count). The fourth-order valence-electron chi connectivity index (χ4n) is 2.53. The number of piperazine rings is 1. The molecule has 20 heavy (non-hydrogen) atoms. The zero-order valence-corrected chi connectivity index (χ0v) is 10.8. The predicted octanol–water partition coefficient (Wildman–Crippen LogP) is -2.03. The van der Waals surface area contributed by atoms with Crippen LogP contribution in [-0.2, 0) is 28.7 Å². The average molecular weight is 286 g/mol. The quantitative estimate of drug-likeness (QED) is 0.504. The maximum Gasteiger partial charge on any atom is 0.364 e. The second-order valence-electron chi connectivity index (χ2n) is 5.26. The van der Waals surface area contributed by atoms with Gasteiger partial charge in [0.15, 0.2) is 5.60 Å². The van der Waals surface area contributed by atoms with Crippen molar-refractivity contribution < 1.29 is 33.8 Å². The number of fused-ring (bicyclic) bond motifs is 2. The molecule has 9 heteroatoms. The molecule has 0 radical (unpaired) electrons. The Morgan fingerprint density at radius 3 is 2.55 bits per heavy atom. The molecule has 2 bridgehead atoms. The summed E-state index contributed by atoms with van der Waals surface area (Å²) in [6.07, 6.45) is -1.29. The van der Waals surface area contributed by atoms with Gasteiger partial charge in [-0.1, -0.05) is 5.06 Å². The Hall–Kier alpha value is -1.71. The average Bonchev–Trinajstić information content (AvgIpc) is 2.36. The van der Waals surface area contributed by atoms with Crippen LogP contribution in [0.3, 0.4) is 0 Å². The second kappa shape index (κ2) is 4.14. The van der Waals surface area contributed by atoms with Crippen molar-refractivity contribution in [2.45, 2.75) is 24.4 Å². The van der Waals surface area contributed by atoms with Crippen molar-refractivity contribution in [3.8, 4) is 0 Å². The van der Waals surface area contributed by atoms with Crippen LogP contribution in [0.5, 0.6) is 0 Å². The molecular formula is C11H14N2O7. The molecule has 0 aliphatic carbocycles. The monoisotopic (exact) mass is 286 g/mol. The van der Waals surface area contributed by atoms with Crippen LogP contribution in [0.25, 0.3) is 0 Å². The summed E-state index contributed by atoms with van der Waals surface area (Å²) in [5.74, 6) is -4.52. The third kappa shape index (κ3) is 1.94. The molecular weight excluding hydrogens is 272 g/mol. The fraction of sp³-hybridized carbons (Fsp3) is 0.727. The summed E-state index contributed by atoms with van der Waals surface area (Å²) < 4.78 is 10.3. The summed E-state index contributed by atoms with van der Waals surface area (Å²) in [6.45, 7) is 0.767. The molecule has 3 saturated heterocycles. The Morgan fingerprint density at radius 1 is 1.10 bits per heavy atom. The van der Waals surface area contributed by atoms with Gasteiger partial charge in [-0.25, -0.2) is 4.79 Å². The third-order valence-corrected chi connectivity index (χ3v) is 3.53. The predicted molar refractivity (Wildman–Crippen MR) is 59.4 cm³/mol. The van der Waals surface area contributed by atoms with Crippen LogP contribution in [-0.4, -0.2) is 71.2 Å². The molecule has 2 unspecified atom stereocenters. The van der Waals surface area contributed by atoms with Gasteiger partial charge in [0.2, 0.25) is 0 Å². The summed E-state index contributed by atoms with van der Waals surface area (Å²) in [4.78, 5) is 42.5. The number of carbonyl (C=O) groups excluding carboxylic acids is 3. The van der Waals surface area contributed by atoms with Crippen LogP contribution < -0.4 is 0 Å². The van der Waals surface area contributed by atoms with E-state index in [2.05, 4.69) is 0 Å². The Morgan fingerprint density at radius 2 is 1.80 bits per heavy atom. The van der Waals surface area contributed by atoms with Gasteiger partial charge in [-0.15, -0.1) is 0 Å². The zero-order valence-electron chi connectivity index (χ0n) is 10.8. The van der Waals surface area contributed by atoms with Crippen LogP contribution in [0.15, 0.2) is 0 Å². The van der Waals surface area contributed by atoms with Crippen molar-refractivity contribution in [1.82, 2.24) is 9.96 Å². The molecule has 0 aromatic rings. The minimum absolute atomic E-state index is 0.0217. The van der Waals surface area contributed by atoms with Crippen LogP contribution >= 0.6 is 0 Å². The molecule has 110 valence electrons. The highest BCUT2D eigenvalue weighted by atomic mass is 16.8. The molecule has 2 atom stereocenters. The first-order valence-corrected chi connectivity index (χ1v) is 6.18. The molecule has 0 amide bonds. The van der Waals surface area contributed by atoms with E-state index in [-0.39, 0.29) is 13.1 Å². The maximum absolute atomic E-state index is 12.1. The van der Waals surface area contributed by atoms with Gasteiger partial charge < -0.3 is 19.4 Å². The van der Waals surface area contributed by atoms with E-state index in [4.69, 9.17) is 14.3 Å². The Balaban J connectivity index is 2.07. The van der Waals surface area contributed by atoms with Crippen molar-refractivity contribution in [3.05, 3.63) is 0 Å². The van der Waals surface area contributed by atoms with Crippen LogP contribution in [0.1, 0.15) is 12.8 Å². The summed E-state index contributed by atoms with van der Waals surface area (Å²) in [7, 11) is 1.74. The van der Waals surface area contributed by atoms with Crippen molar-refractivity contribution >= 4 is 17.9 Å². The minimum Gasteiger partial charge on any atom is -0.405 e. The summed E-state index contributed by atoms with van der Waals surface area (Å²) in [6, 6.07) is 0. The lowest BCUT2D eigenvalue weighted by Gasteiger charge is -2.45. The molecule has 0 saturated carbocycles. The number of hydrogen-bond acceptors (Lipinski definition) is 9. The first-order chi connectivity index (χ1) is 9.33. The van der Waals surface area contributed by atoms with E-state index >= 15 is 0 Å². The smallest absolute Gasteiger partial charge is 0.364 e. The summed E-state index contributed by atoms with van der Waals surface area (Å²) in [5.41, 5.74) is -2.24. The molecule has 3 aliphatic rings. The highest BCUT2D eigenvalue weighted by Crippen LogP contribution is 2.35. The minimum atomic E-state index is -2.24. The van der Waals surface area contributed by atoms with E-state index in [0.29, 0.717) is 6.54 Å². The van der Waals surface area contributed by atoms with Gasteiger partial charge in [0, 0.05) is 6.54 Å². The third-order valence-electron chi connectivity index (χ3n) is 3.53. The largest absolute Gasteiger partial charge is 0.405 e.